The zero-order valence-electron chi connectivity index (χ0n) is 23.7. The van der Waals surface area contributed by atoms with Crippen LogP contribution in [0.3, 0.4) is 0 Å². The summed E-state index contributed by atoms with van der Waals surface area (Å²) in [5.41, 5.74) is 5.28. The van der Waals surface area contributed by atoms with Gasteiger partial charge in [-0.25, -0.2) is 0 Å². The lowest BCUT2D eigenvalue weighted by Crippen LogP contribution is -1.91. The fourth-order valence-electron chi connectivity index (χ4n) is 7.32. The first-order valence-corrected chi connectivity index (χ1v) is 16.7. The molecule has 10 aromatic rings. The van der Waals surface area contributed by atoms with Gasteiger partial charge in [-0.05, 0) is 67.7 Å². The average Bonchev–Trinajstić information content (AvgIpc) is 3.64. The molecule has 8 aromatic carbocycles. The van der Waals surface area contributed by atoms with Crippen molar-refractivity contribution in [3.8, 4) is 22.3 Å². The Labute approximate surface area is 262 Å². The summed E-state index contributed by atoms with van der Waals surface area (Å²) in [4.78, 5) is 0. The van der Waals surface area contributed by atoms with Crippen LogP contribution in [0.5, 0.6) is 0 Å². The van der Waals surface area contributed by atoms with Gasteiger partial charge in [-0.2, -0.15) is 0 Å². The molecule has 0 bridgehead atoms. The first kappa shape index (κ1) is 24.4. The summed E-state index contributed by atoms with van der Waals surface area (Å²) < 4.78 is 5.43. The molecule has 44 heavy (non-hydrogen) atoms. The van der Waals surface area contributed by atoms with Gasteiger partial charge in [0.2, 0.25) is 0 Å². The zero-order valence-corrected chi connectivity index (χ0v) is 25.3. The molecule has 0 aliphatic rings. The highest BCUT2D eigenvalue weighted by Gasteiger charge is 2.23. The molecular formula is C42H24S2. The molecule has 0 spiro atoms. The molecule has 0 nitrogen and oxygen atoms in total. The highest BCUT2D eigenvalue weighted by Crippen LogP contribution is 2.53. The Morgan fingerprint density at radius 3 is 1.32 bits per heavy atom. The highest BCUT2D eigenvalue weighted by molar-refractivity contribution is 7.29. The number of hydrogen-bond acceptors (Lipinski definition) is 2. The molecule has 0 aliphatic heterocycles. The lowest BCUT2D eigenvalue weighted by molar-refractivity contribution is 1.70. The summed E-state index contributed by atoms with van der Waals surface area (Å²) in [6.07, 6.45) is 0. The van der Waals surface area contributed by atoms with Crippen LogP contribution < -0.4 is 0 Å². The molecule has 0 fully saturated rings. The molecule has 204 valence electrons. The summed E-state index contributed by atoms with van der Waals surface area (Å²) in [5.74, 6) is 0. The van der Waals surface area contributed by atoms with Crippen molar-refractivity contribution in [2.45, 2.75) is 0 Å². The van der Waals surface area contributed by atoms with Crippen molar-refractivity contribution >= 4 is 95.3 Å². The van der Waals surface area contributed by atoms with Crippen molar-refractivity contribution in [3.63, 3.8) is 0 Å². The van der Waals surface area contributed by atoms with Crippen LogP contribution in [-0.4, -0.2) is 0 Å². The number of hydrogen-bond donors (Lipinski definition) is 0. The van der Waals surface area contributed by atoms with E-state index in [0.717, 1.165) is 0 Å². The maximum Gasteiger partial charge on any atom is 0.0448 e. The lowest BCUT2D eigenvalue weighted by atomic mass is 9.85. The predicted molar refractivity (Wildman–Crippen MR) is 196 cm³/mol. The van der Waals surface area contributed by atoms with E-state index in [1.807, 2.05) is 22.7 Å². The van der Waals surface area contributed by atoms with Gasteiger partial charge in [0.15, 0.2) is 0 Å². The van der Waals surface area contributed by atoms with E-state index in [9.17, 15) is 0 Å². The number of fused-ring (bicyclic) bond motifs is 9. The van der Waals surface area contributed by atoms with Gasteiger partial charge in [-0.15, -0.1) is 22.7 Å². The van der Waals surface area contributed by atoms with Gasteiger partial charge in [-0.1, -0.05) is 121 Å². The van der Waals surface area contributed by atoms with E-state index in [1.165, 1.54) is 94.9 Å². The maximum absolute atomic E-state index is 2.46. The summed E-state index contributed by atoms with van der Waals surface area (Å²) in [6, 6.07) is 54.0. The third-order valence-corrected chi connectivity index (χ3v) is 11.6. The first-order valence-electron chi connectivity index (χ1n) is 15.0. The topological polar surface area (TPSA) is 0 Å². The van der Waals surface area contributed by atoms with Crippen LogP contribution in [0.1, 0.15) is 0 Å². The van der Waals surface area contributed by atoms with Gasteiger partial charge in [0.1, 0.15) is 0 Å². The van der Waals surface area contributed by atoms with Crippen molar-refractivity contribution in [1.82, 2.24) is 0 Å². The zero-order chi connectivity index (χ0) is 28.8. The number of benzene rings is 8. The minimum Gasteiger partial charge on any atom is -0.134 e. The maximum atomic E-state index is 2.46. The normalized spacial score (nSPS) is 12.1. The smallest absolute Gasteiger partial charge is 0.0448 e. The molecule has 0 N–H and O–H groups in total. The molecule has 0 unspecified atom stereocenters. The molecule has 0 aliphatic carbocycles. The largest absolute Gasteiger partial charge is 0.134 e. The Bertz CT molecular complexity index is 2630. The van der Waals surface area contributed by atoms with Crippen LogP contribution in [0.4, 0.5) is 0 Å². The molecule has 0 saturated carbocycles. The first-order chi connectivity index (χ1) is 21.8. The second-order valence-electron chi connectivity index (χ2n) is 11.6. The Morgan fingerprint density at radius 2 is 0.750 bits per heavy atom. The van der Waals surface area contributed by atoms with Crippen LogP contribution in [0.15, 0.2) is 146 Å². The second-order valence-corrected chi connectivity index (χ2v) is 13.7. The molecule has 0 saturated heterocycles. The minimum atomic E-state index is 1.26. The van der Waals surface area contributed by atoms with E-state index in [-0.39, 0.29) is 0 Å². The lowest BCUT2D eigenvalue weighted by Gasteiger charge is -2.19. The van der Waals surface area contributed by atoms with Gasteiger partial charge in [0, 0.05) is 51.5 Å². The van der Waals surface area contributed by atoms with Gasteiger partial charge >= 0.3 is 0 Å². The second kappa shape index (κ2) is 9.24. The average molecular weight is 593 g/mol. The van der Waals surface area contributed by atoms with E-state index >= 15 is 0 Å². The number of rotatable bonds is 2. The Kier molecular flexibility index (Phi) is 5.13. The predicted octanol–water partition coefficient (Wildman–Crippen LogP) is 13.2. The van der Waals surface area contributed by atoms with Crippen LogP contribution in [0, 0.1) is 0 Å². The molecule has 0 amide bonds. The fourth-order valence-corrected chi connectivity index (χ4v) is 9.86. The Balaban J connectivity index is 1.43. The summed E-state index contributed by atoms with van der Waals surface area (Å²) in [5, 5.41) is 13.1. The van der Waals surface area contributed by atoms with Crippen molar-refractivity contribution < 1.29 is 0 Å². The van der Waals surface area contributed by atoms with Gasteiger partial charge in [0.05, 0.1) is 0 Å². The van der Waals surface area contributed by atoms with Crippen LogP contribution in [-0.2, 0) is 0 Å². The van der Waals surface area contributed by atoms with E-state index < -0.39 is 0 Å². The fraction of sp³-hybridized carbons (Fsp3) is 0. The molecule has 0 atom stereocenters. The Hall–Kier alpha value is -5.02. The quantitative estimate of drug-likeness (QED) is 0.175. The highest BCUT2D eigenvalue weighted by atomic mass is 32.1. The van der Waals surface area contributed by atoms with Crippen molar-refractivity contribution in [2.24, 2.45) is 0 Å². The standard InChI is InChI=1S/C42H24S2/c1-2-12-26-23-27(22-21-25(26)11-1)38-30-15-3-5-17-32(30)39(33-18-6-4-16-31(33)38)40-41-34(28-13-7-9-19-36(28)43-41)24-35-29-14-8-10-20-37(29)44-42(35)40/h1-24H. The monoisotopic (exact) mass is 592 g/mol. The molecular weight excluding hydrogens is 569 g/mol. The van der Waals surface area contributed by atoms with Gasteiger partial charge in [-0.3, -0.25) is 0 Å². The van der Waals surface area contributed by atoms with Crippen molar-refractivity contribution in [3.05, 3.63) is 146 Å². The number of thiophene rings is 2. The van der Waals surface area contributed by atoms with Gasteiger partial charge in [0.25, 0.3) is 0 Å². The van der Waals surface area contributed by atoms with Crippen molar-refractivity contribution in [2.75, 3.05) is 0 Å². The van der Waals surface area contributed by atoms with E-state index in [0.29, 0.717) is 0 Å². The molecule has 2 heteroatoms. The van der Waals surface area contributed by atoms with Crippen LogP contribution >= 0.6 is 22.7 Å². The summed E-state index contributed by atoms with van der Waals surface area (Å²) in [6.45, 7) is 0. The third-order valence-electron chi connectivity index (χ3n) is 9.23. The molecule has 2 heterocycles. The Morgan fingerprint density at radius 1 is 0.295 bits per heavy atom. The summed E-state index contributed by atoms with van der Waals surface area (Å²) in [7, 11) is 0. The van der Waals surface area contributed by atoms with E-state index in [1.54, 1.807) is 0 Å². The van der Waals surface area contributed by atoms with E-state index in [2.05, 4.69) is 146 Å². The van der Waals surface area contributed by atoms with Crippen LogP contribution in [0.25, 0.3) is 94.9 Å². The van der Waals surface area contributed by atoms with Crippen LogP contribution in [0.2, 0.25) is 0 Å². The molecule has 10 rings (SSSR count). The molecule has 0 radical (unpaired) electrons. The third kappa shape index (κ3) is 3.38. The SMILES string of the molecule is c1ccc2cc(-c3c4ccccc4c(-c4c5sc6ccccc6c5cc5c4sc4ccccc45)c4ccccc34)ccc2c1. The van der Waals surface area contributed by atoms with Gasteiger partial charge < -0.3 is 0 Å². The minimum absolute atomic E-state index is 1.26. The van der Waals surface area contributed by atoms with Crippen molar-refractivity contribution in [1.29, 1.82) is 0 Å². The summed E-state index contributed by atoms with van der Waals surface area (Å²) >= 11 is 3.87. The molecule has 2 aromatic heterocycles. The van der Waals surface area contributed by atoms with E-state index in [4.69, 9.17) is 0 Å².